The van der Waals surface area contributed by atoms with Crippen LogP contribution in [0.5, 0.6) is 0 Å². The molecule has 4 nitrogen and oxygen atoms in total. The molecule has 0 fully saturated rings. The summed E-state index contributed by atoms with van der Waals surface area (Å²) in [6.07, 6.45) is 1.15. The van der Waals surface area contributed by atoms with Gasteiger partial charge in [0.15, 0.2) is 11.6 Å². The predicted octanol–water partition coefficient (Wildman–Crippen LogP) is 2.98. The number of nitrogens with zero attached hydrogens (tertiary/aromatic N) is 2. The Balaban J connectivity index is 2.40. The summed E-state index contributed by atoms with van der Waals surface area (Å²) >= 11 is 3.09. The van der Waals surface area contributed by atoms with Crippen molar-refractivity contribution in [2.24, 2.45) is 0 Å². The van der Waals surface area contributed by atoms with Gasteiger partial charge in [0, 0.05) is 12.1 Å². The highest BCUT2D eigenvalue weighted by atomic mass is 79.9. The van der Waals surface area contributed by atoms with E-state index < -0.39 is 17.5 Å². The van der Waals surface area contributed by atoms with Gasteiger partial charge in [-0.1, -0.05) is 0 Å². The Morgan fingerprint density at radius 1 is 1.06 bits per heavy atom. The van der Waals surface area contributed by atoms with Gasteiger partial charge in [-0.05, 0) is 15.9 Å². The molecular weight excluding hydrogens is 313 g/mol. The number of nitrogen functional groups attached to an aromatic ring is 1. The van der Waals surface area contributed by atoms with E-state index in [2.05, 4.69) is 31.2 Å². The van der Waals surface area contributed by atoms with E-state index in [4.69, 9.17) is 5.73 Å². The van der Waals surface area contributed by atoms with E-state index in [1.807, 2.05) is 0 Å². The fourth-order valence-corrected chi connectivity index (χ4v) is 1.52. The molecule has 0 unspecified atom stereocenters. The summed E-state index contributed by atoms with van der Waals surface area (Å²) in [7, 11) is 0. The van der Waals surface area contributed by atoms with Gasteiger partial charge in [-0.3, -0.25) is 0 Å². The van der Waals surface area contributed by atoms with Crippen molar-refractivity contribution in [3.63, 3.8) is 0 Å². The average Bonchev–Trinajstić information content (AvgIpc) is 2.32. The number of rotatable bonds is 2. The Hall–Kier alpha value is -1.83. The number of nitrogens with one attached hydrogen (secondary N) is 1. The number of hydrogen-bond acceptors (Lipinski definition) is 4. The van der Waals surface area contributed by atoms with Crippen LogP contribution in [-0.2, 0) is 0 Å². The molecule has 0 aliphatic heterocycles. The van der Waals surface area contributed by atoms with Crippen LogP contribution in [0.4, 0.5) is 30.5 Å². The number of benzene rings is 1. The van der Waals surface area contributed by atoms with Crippen molar-refractivity contribution in [1.29, 1.82) is 0 Å². The quantitative estimate of drug-likeness (QED) is 0.835. The molecule has 0 radical (unpaired) electrons. The molecule has 0 saturated heterocycles. The molecule has 0 bridgehead atoms. The average molecular weight is 319 g/mol. The van der Waals surface area contributed by atoms with Gasteiger partial charge in [-0.25, -0.2) is 23.1 Å². The lowest BCUT2D eigenvalue weighted by Crippen LogP contribution is -2.02. The van der Waals surface area contributed by atoms with E-state index in [0.717, 1.165) is 6.33 Å². The molecule has 1 aromatic heterocycles. The third-order valence-corrected chi connectivity index (χ3v) is 2.86. The molecule has 3 N–H and O–H groups in total. The zero-order valence-electron chi connectivity index (χ0n) is 8.72. The summed E-state index contributed by atoms with van der Waals surface area (Å²) in [4.78, 5) is 7.48. The first-order valence-electron chi connectivity index (χ1n) is 4.66. The lowest BCUT2D eigenvalue weighted by Gasteiger charge is -2.09. The van der Waals surface area contributed by atoms with Gasteiger partial charge >= 0.3 is 0 Å². The number of aromatic nitrogens is 2. The molecule has 0 spiro atoms. The highest BCUT2D eigenvalue weighted by molar-refractivity contribution is 9.10. The second-order valence-corrected chi connectivity index (χ2v) is 4.09. The minimum atomic E-state index is -1.26. The van der Waals surface area contributed by atoms with Crippen molar-refractivity contribution in [1.82, 2.24) is 9.97 Å². The number of nitrogens with two attached hydrogens (primary N) is 1. The third kappa shape index (κ3) is 2.37. The maximum Gasteiger partial charge on any atom is 0.161 e. The van der Waals surface area contributed by atoms with Gasteiger partial charge in [0.2, 0.25) is 0 Å². The summed E-state index contributed by atoms with van der Waals surface area (Å²) < 4.78 is 39.4. The molecule has 8 heteroatoms. The standard InChI is InChI=1S/C10H6BrF3N4/c11-8-9(15)16-3-17-10(8)18-7-2-5(13)4(12)1-6(7)14/h1-3H,(H3,15,16,17,18). The van der Waals surface area contributed by atoms with Crippen molar-refractivity contribution >= 4 is 33.3 Å². The molecule has 1 aromatic carbocycles. The molecule has 0 aliphatic rings. The van der Waals surface area contributed by atoms with Gasteiger partial charge < -0.3 is 11.1 Å². The molecule has 2 rings (SSSR count). The van der Waals surface area contributed by atoms with Gasteiger partial charge in [-0.2, -0.15) is 0 Å². The van der Waals surface area contributed by atoms with Crippen molar-refractivity contribution in [3.8, 4) is 0 Å². The maximum atomic E-state index is 13.4. The van der Waals surface area contributed by atoms with E-state index in [9.17, 15) is 13.2 Å². The lowest BCUT2D eigenvalue weighted by molar-refractivity contribution is 0.496. The fraction of sp³-hybridized carbons (Fsp3) is 0. The summed E-state index contributed by atoms with van der Waals surface area (Å²) in [5.41, 5.74) is 5.24. The summed E-state index contributed by atoms with van der Waals surface area (Å²) in [5.74, 6) is -3.10. The molecule has 0 atom stereocenters. The van der Waals surface area contributed by atoms with Crippen LogP contribution in [-0.4, -0.2) is 9.97 Å². The van der Waals surface area contributed by atoms with Gasteiger partial charge in [-0.15, -0.1) is 0 Å². The largest absolute Gasteiger partial charge is 0.383 e. The number of halogens is 4. The van der Waals surface area contributed by atoms with Gasteiger partial charge in [0.25, 0.3) is 0 Å². The van der Waals surface area contributed by atoms with Gasteiger partial charge in [0.1, 0.15) is 28.3 Å². The van der Waals surface area contributed by atoms with Crippen LogP contribution in [0.3, 0.4) is 0 Å². The second-order valence-electron chi connectivity index (χ2n) is 3.29. The minimum Gasteiger partial charge on any atom is -0.383 e. The van der Waals surface area contributed by atoms with E-state index in [-0.39, 0.29) is 17.3 Å². The van der Waals surface area contributed by atoms with Crippen LogP contribution in [0.15, 0.2) is 22.9 Å². The van der Waals surface area contributed by atoms with Crippen LogP contribution < -0.4 is 11.1 Å². The Morgan fingerprint density at radius 3 is 2.44 bits per heavy atom. The first-order valence-corrected chi connectivity index (χ1v) is 5.46. The Bertz CT molecular complexity index is 606. The Labute approximate surface area is 108 Å². The Kier molecular flexibility index (Phi) is 3.37. The molecule has 0 aliphatic carbocycles. The van der Waals surface area contributed by atoms with Gasteiger partial charge in [0.05, 0.1) is 5.69 Å². The highest BCUT2D eigenvalue weighted by Gasteiger charge is 2.12. The smallest absolute Gasteiger partial charge is 0.161 e. The van der Waals surface area contributed by atoms with Crippen LogP contribution in [0.25, 0.3) is 0 Å². The summed E-state index contributed by atoms with van der Waals surface area (Å²) in [6, 6.07) is 1.13. The van der Waals surface area contributed by atoms with Crippen LogP contribution in [0, 0.1) is 17.5 Å². The van der Waals surface area contributed by atoms with Crippen LogP contribution in [0.1, 0.15) is 0 Å². The summed E-state index contributed by atoms with van der Waals surface area (Å²) in [5, 5.41) is 2.49. The summed E-state index contributed by atoms with van der Waals surface area (Å²) in [6.45, 7) is 0. The van der Waals surface area contributed by atoms with E-state index in [1.165, 1.54) is 0 Å². The molecule has 2 aromatic rings. The molecular formula is C10H6BrF3N4. The monoisotopic (exact) mass is 318 g/mol. The van der Waals surface area contributed by atoms with E-state index in [1.54, 1.807) is 0 Å². The topological polar surface area (TPSA) is 63.8 Å². The zero-order valence-corrected chi connectivity index (χ0v) is 10.3. The first-order chi connectivity index (χ1) is 8.49. The van der Waals surface area contributed by atoms with Crippen molar-refractivity contribution < 1.29 is 13.2 Å². The van der Waals surface area contributed by atoms with Crippen molar-refractivity contribution in [2.75, 3.05) is 11.1 Å². The number of hydrogen-bond donors (Lipinski definition) is 2. The molecule has 0 saturated carbocycles. The molecule has 1 heterocycles. The molecule has 94 valence electrons. The van der Waals surface area contributed by atoms with Crippen molar-refractivity contribution in [2.45, 2.75) is 0 Å². The normalized spacial score (nSPS) is 10.4. The Morgan fingerprint density at radius 2 is 1.72 bits per heavy atom. The number of anilines is 3. The lowest BCUT2D eigenvalue weighted by atomic mass is 10.3. The maximum absolute atomic E-state index is 13.4. The van der Waals surface area contributed by atoms with Crippen molar-refractivity contribution in [3.05, 3.63) is 40.4 Å². The second kappa shape index (κ2) is 4.81. The minimum absolute atomic E-state index is 0.135. The fourth-order valence-electron chi connectivity index (χ4n) is 1.22. The highest BCUT2D eigenvalue weighted by Crippen LogP contribution is 2.28. The first kappa shape index (κ1) is 12.6. The van der Waals surface area contributed by atoms with E-state index in [0.29, 0.717) is 16.6 Å². The molecule has 18 heavy (non-hydrogen) atoms. The van der Waals surface area contributed by atoms with E-state index >= 15 is 0 Å². The van der Waals surface area contributed by atoms with Crippen LogP contribution in [0.2, 0.25) is 0 Å². The zero-order chi connectivity index (χ0) is 13.3. The predicted molar refractivity (Wildman–Crippen MR) is 63.7 cm³/mol. The third-order valence-electron chi connectivity index (χ3n) is 2.08. The van der Waals surface area contributed by atoms with Crippen LogP contribution >= 0.6 is 15.9 Å². The SMILES string of the molecule is Nc1ncnc(Nc2cc(F)c(F)cc2F)c1Br. The molecule has 0 amide bonds.